The molecule has 2 aromatic heterocycles. The molecule has 0 aliphatic rings. The molecule has 0 bridgehead atoms. The summed E-state index contributed by atoms with van der Waals surface area (Å²) in [6.07, 6.45) is 1.58. The van der Waals surface area contributed by atoms with Crippen LogP contribution in [0.3, 0.4) is 0 Å². The molecule has 0 N–H and O–H groups in total. The first-order valence-corrected chi connectivity index (χ1v) is 10.1. The van der Waals surface area contributed by atoms with Crippen LogP contribution in [0.4, 0.5) is 5.69 Å². The van der Waals surface area contributed by atoms with Crippen LogP contribution in [0.15, 0.2) is 87.1 Å². The topological polar surface area (TPSA) is 72.4 Å². The van der Waals surface area contributed by atoms with Crippen molar-refractivity contribution in [1.82, 2.24) is 10.2 Å². The second-order valence-corrected chi connectivity index (χ2v) is 7.28. The summed E-state index contributed by atoms with van der Waals surface area (Å²) in [6.45, 7) is 2.32. The highest BCUT2D eigenvalue weighted by atomic mass is 32.2. The molecule has 0 atom stereocenters. The zero-order valence-corrected chi connectivity index (χ0v) is 16.6. The van der Waals surface area contributed by atoms with E-state index >= 15 is 0 Å². The number of furan rings is 1. The molecule has 6 nitrogen and oxygen atoms in total. The molecule has 7 heteroatoms. The van der Waals surface area contributed by atoms with Gasteiger partial charge < -0.3 is 13.7 Å². The Kier molecular flexibility index (Phi) is 5.76. The second-order valence-electron chi connectivity index (χ2n) is 6.35. The fourth-order valence-electron chi connectivity index (χ4n) is 2.88. The Morgan fingerprint density at radius 1 is 1.00 bits per heavy atom. The molecule has 2 aromatic carbocycles. The van der Waals surface area contributed by atoms with Gasteiger partial charge in [-0.05, 0) is 30.7 Å². The minimum Gasteiger partial charge on any atom is -0.469 e. The van der Waals surface area contributed by atoms with E-state index in [1.54, 1.807) is 17.2 Å². The molecular formula is C22H19N3O3S. The summed E-state index contributed by atoms with van der Waals surface area (Å²) in [5.74, 6) is 1.24. The summed E-state index contributed by atoms with van der Waals surface area (Å²) in [4.78, 5) is 14.8. The van der Waals surface area contributed by atoms with E-state index in [0.29, 0.717) is 23.4 Å². The molecule has 0 aliphatic carbocycles. The summed E-state index contributed by atoms with van der Waals surface area (Å²) < 4.78 is 10.9. The lowest BCUT2D eigenvalue weighted by atomic mass is 10.2. The van der Waals surface area contributed by atoms with Crippen molar-refractivity contribution in [3.63, 3.8) is 0 Å². The van der Waals surface area contributed by atoms with Crippen LogP contribution >= 0.6 is 11.8 Å². The molecule has 146 valence electrons. The van der Waals surface area contributed by atoms with E-state index in [1.165, 1.54) is 11.8 Å². The molecule has 2 heterocycles. The highest BCUT2D eigenvalue weighted by Gasteiger charge is 2.19. The number of aromatic nitrogens is 2. The first-order chi connectivity index (χ1) is 14.2. The van der Waals surface area contributed by atoms with Gasteiger partial charge in [0.25, 0.3) is 11.1 Å². The van der Waals surface area contributed by atoms with Gasteiger partial charge in [-0.2, -0.15) is 0 Å². The maximum Gasteiger partial charge on any atom is 0.277 e. The second kappa shape index (κ2) is 8.79. The lowest BCUT2D eigenvalue weighted by Gasteiger charge is -2.22. The Balaban J connectivity index is 1.47. The van der Waals surface area contributed by atoms with Crippen molar-refractivity contribution >= 4 is 23.4 Å². The van der Waals surface area contributed by atoms with Crippen LogP contribution in [0.1, 0.15) is 11.3 Å². The monoisotopic (exact) mass is 405 g/mol. The third kappa shape index (κ3) is 4.57. The van der Waals surface area contributed by atoms with Crippen LogP contribution < -0.4 is 4.90 Å². The lowest BCUT2D eigenvalue weighted by molar-refractivity contribution is -0.116. The Morgan fingerprint density at radius 3 is 2.41 bits per heavy atom. The quantitative estimate of drug-likeness (QED) is 0.405. The van der Waals surface area contributed by atoms with Crippen molar-refractivity contribution in [2.75, 3.05) is 10.7 Å². The third-order valence-corrected chi connectivity index (χ3v) is 5.17. The molecular weight excluding hydrogens is 386 g/mol. The average molecular weight is 405 g/mol. The number of amides is 1. The minimum absolute atomic E-state index is 0.0377. The fourth-order valence-corrected chi connectivity index (χ4v) is 3.52. The average Bonchev–Trinajstić information content (AvgIpc) is 3.40. The van der Waals surface area contributed by atoms with Crippen molar-refractivity contribution in [3.8, 4) is 11.5 Å². The molecule has 0 radical (unpaired) electrons. The maximum absolute atomic E-state index is 13.0. The Morgan fingerprint density at radius 2 is 1.72 bits per heavy atom. The molecule has 0 fully saturated rings. The SMILES string of the molecule is Cc1occc1-c1nnc(SCC(=O)N(Cc2ccccc2)c2ccccc2)o1. The molecule has 0 unspecified atom stereocenters. The van der Waals surface area contributed by atoms with Crippen LogP contribution in [0.2, 0.25) is 0 Å². The number of rotatable bonds is 7. The van der Waals surface area contributed by atoms with E-state index in [1.807, 2.05) is 67.6 Å². The van der Waals surface area contributed by atoms with Crippen molar-refractivity contribution < 1.29 is 13.6 Å². The van der Waals surface area contributed by atoms with E-state index in [2.05, 4.69) is 10.2 Å². The highest BCUT2D eigenvalue weighted by Crippen LogP contribution is 2.27. The lowest BCUT2D eigenvalue weighted by Crippen LogP contribution is -2.31. The van der Waals surface area contributed by atoms with Gasteiger partial charge in [0.1, 0.15) is 5.76 Å². The number of carbonyl (C=O) groups excluding carboxylic acids is 1. The number of thioether (sulfide) groups is 1. The van der Waals surface area contributed by atoms with Crippen LogP contribution in [-0.2, 0) is 11.3 Å². The molecule has 29 heavy (non-hydrogen) atoms. The minimum atomic E-state index is -0.0377. The number of hydrogen-bond acceptors (Lipinski definition) is 6. The van der Waals surface area contributed by atoms with Crippen LogP contribution in [0, 0.1) is 6.92 Å². The Hall–Kier alpha value is -3.32. The number of benzene rings is 2. The number of aryl methyl sites for hydroxylation is 1. The zero-order valence-electron chi connectivity index (χ0n) is 15.8. The van der Waals surface area contributed by atoms with Gasteiger partial charge >= 0.3 is 0 Å². The first kappa shape index (κ1) is 19.0. The van der Waals surface area contributed by atoms with E-state index in [0.717, 1.165) is 16.8 Å². The summed E-state index contributed by atoms with van der Waals surface area (Å²) in [7, 11) is 0. The van der Waals surface area contributed by atoms with Gasteiger partial charge in [0.2, 0.25) is 5.91 Å². The van der Waals surface area contributed by atoms with Gasteiger partial charge in [0, 0.05) is 5.69 Å². The van der Waals surface area contributed by atoms with E-state index < -0.39 is 0 Å². The van der Waals surface area contributed by atoms with Gasteiger partial charge in [0.15, 0.2) is 0 Å². The number of carbonyl (C=O) groups is 1. The van der Waals surface area contributed by atoms with Crippen molar-refractivity contribution in [1.29, 1.82) is 0 Å². The van der Waals surface area contributed by atoms with Gasteiger partial charge in [-0.1, -0.05) is 60.3 Å². The van der Waals surface area contributed by atoms with Gasteiger partial charge in [-0.15, -0.1) is 10.2 Å². The molecule has 1 amide bonds. The van der Waals surface area contributed by atoms with E-state index in [9.17, 15) is 4.79 Å². The summed E-state index contributed by atoms with van der Waals surface area (Å²) in [5, 5.41) is 8.43. The van der Waals surface area contributed by atoms with Crippen LogP contribution in [-0.4, -0.2) is 21.9 Å². The van der Waals surface area contributed by atoms with E-state index in [4.69, 9.17) is 8.83 Å². The number of para-hydroxylation sites is 1. The molecule has 0 spiro atoms. The zero-order chi connectivity index (χ0) is 20.1. The molecule has 0 aliphatic heterocycles. The standard InChI is InChI=1S/C22H19N3O3S/c1-16-19(12-13-27-16)21-23-24-22(28-21)29-15-20(26)25(18-10-6-3-7-11-18)14-17-8-4-2-5-9-17/h2-13H,14-15H2,1H3. The fraction of sp³-hybridized carbons (Fsp3) is 0.136. The maximum atomic E-state index is 13.0. The molecule has 4 aromatic rings. The number of hydrogen-bond donors (Lipinski definition) is 0. The van der Waals surface area contributed by atoms with Crippen LogP contribution in [0.25, 0.3) is 11.5 Å². The van der Waals surface area contributed by atoms with Gasteiger partial charge in [0.05, 0.1) is 24.1 Å². The van der Waals surface area contributed by atoms with Crippen molar-refractivity contribution in [3.05, 3.63) is 84.3 Å². The summed E-state index contributed by atoms with van der Waals surface area (Å²) in [6, 6.07) is 21.3. The highest BCUT2D eigenvalue weighted by molar-refractivity contribution is 7.99. The third-order valence-electron chi connectivity index (χ3n) is 4.37. The van der Waals surface area contributed by atoms with Gasteiger partial charge in [-0.3, -0.25) is 4.79 Å². The molecule has 0 saturated carbocycles. The van der Waals surface area contributed by atoms with Gasteiger partial charge in [-0.25, -0.2) is 0 Å². The largest absolute Gasteiger partial charge is 0.469 e. The van der Waals surface area contributed by atoms with E-state index in [-0.39, 0.29) is 11.7 Å². The molecule has 4 rings (SSSR count). The van der Waals surface area contributed by atoms with Crippen LogP contribution in [0.5, 0.6) is 0 Å². The van der Waals surface area contributed by atoms with Crippen molar-refractivity contribution in [2.45, 2.75) is 18.7 Å². The Bertz CT molecular complexity index is 1080. The number of nitrogens with zero attached hydrogens (tertiary/aromatic N) is 3. The number of anilines is 1. The van der Waals surface area contributed by atoms with Crippen molar-refractivity contribution in [2.24, 2.45) is 0 Å². The smallest absolute Gasteiger partial charge is 0.277 e. The predicted molar refractivity (Wildman–Crippen MR) is 112 cm³/mol. The Labute approximate surface area is 172 Å². The first-order valence-electron chi connectivity index (χ1n) is 9.11. The summed E-state index contributed by atoms with van der Waals surface area (Å²) in [5.41, 5.74) is 2.66. The summed E-state index contributed by atoms with van der Waals surface area (Å²) >= 11 is 1.22. The normalized spacial score (nSPS) is 10.8. The molecule has 0 saturated heterocycles. The predicted octanol–water partition coefficient (Wildman–Crippen LogP) is 4.96.